The van der Waals surface area contributed by atoms with Crippen molar-refractivity contribution >= 4 is 17.6 Å². The fourth-order valence-electron chi connectivity index (χ4n) is 2.98. The van der Waals surface area contributed by atoms with Crippen molar-refractivity contribution in [3.05, 3.63) is 29.8 Å². The first-order chi connectivity index (χ1) is 9.58. The summed E-state index contributed by atoms with van der Waals surface area (Å²) in [5.74, 6) is -2.37. The summed E-state index contributed by atoms with van der Waals surface area (Å²) in [6.45, 7) is 0. The molecule has 2 atom stereocenters. The second kappa shape index (κ2) is 4.85. The molecule has 1 aromatic carbocycles. The lowest BCUT2D eigenvalue weighted by molar-refractivity contribution is -0.124. The average Bonchev–Trinajstić information content (AvgIpc) is 2.41. The molecule has 1 saturated heterocycles. The summed E-state index contributed by atoms with van der Waals surface area (Å²) in [5.41, 5.74) is -0.196. The van der Waals surface area contributed by atoms with Crippen molar-refractivity contribution in [2.24, 2.45) is 5.92 Å². The van der Waals surface area contributed by atoms with Gasteiger partial charge in [0, 0.05) is 12.1 Å². The van der Waals surface area contributed by atoms with Crippen LogP contribution in [0.25, 0.3) is 0 Å². The monoisotopic (exact) mass is 280 g/mol. The minimum absolute atomic E-state index is 0.163. The Bertz CT molecular complexity index is 576. The first kappa shape index (κ1) is 13.0. The SMILES string of the molecule is O=C1NC2CCCCC2C(=O)N1c1ccc(F)cc1F. The van der Waals surface area contributed by atoms with E-state index in [0.29, 0.717) is 12.5 Å². The number of nitrogens with zero attached hydrogens (tertiary/aromatic N) is 1. The van der Waals surface area contributed by atoms with Gasteiger partial charge in [0.25, 0.3) is 0 Å². The van der Waals surface area contributed by atoms with Crippen molar-refractivity contribution in [2.75, 3.05) is 4.90 Å². The van der Waals surface area contributed by atoms with Crippen LogP contribution < -0.4 is 10.2 Å². The van der Waals surface area contributed by atoms with E-state index in [0.717, 1.165) is 36.3 Å². The van der Waals surface area contributed by atoms with Crippen LogP contribution >= 0.6 is 0 Å². The van der Waals surface area contributed by atoms with Crippen LogP contribution in [-0.2, 0) is 4.79 Å². The summed E-state index contributed by atoms with van der Waals surface area (Å²) in [7, 11) is 0. The molecule has 2 fully saturated rings. The number of urea groups is 1. The molecular formula is C14H14F2N2O2. The number of amides is 3. The zero-order chi connectivity index (χ0) is 14.3. The number of hydrogen-bond acceptors (Lipinski definition) is 2. The van der Waals surface area contributed by atoms with Gasteiger partial charge in [0.15, 0.2) is 0 Å². The second-order valence-corrected chi connectivity index (χ2v) is 5.22. The summed E-state index contributed by atoms with van der Waals surface area (Å²) < 4.78 is 26.7. The number of carbonyl (C=O) groups is 2. The molecule has 20 heavy (non-hydrogen) atoms. The smallest absolute Gasteiger partial charge is 0.329 e. The van der Waals surface area contributed by atoms with Crippen molar-refractivity contribution in [3.8, 4) is 0 Å². The van der Waals surface area contributed by atoms with E-state index in [1.807, 2.05) is 0 Å². The van der Waals surface area contributed by atoms with Crippen LogP contribution in [0.4, 0.5) is 19.3 Å². The minimum atomic E-state index is -0.914. The molecule has 0 spiro atoms. The number of carbonyl (C=O) groups excluding carboxylic acids is 2. The van der Waals surface area contributed by atoms with E-state index in [4.69, 9.17) is 0 Å². The molecule has 1 aromatic rings. The molecule has 1 aliphatic carbocycles. The summed E-state index contributed by atoms with van der Waals surface area (Å²) in [6, 6.07) is 2.02. The molecule has 0 aromatic heterocycles. The Kier molecular flexibility index (Phi) is 3.16. The fraction of sp³-hybridized carbons (Fsp3) is 0.429. The predicted octanol–water partition coefficient (Wildman–Crippen LogP) is 2.58. The van der Waals surface area contributed by atoms with Gasteiger partial charge >= 0.3 is 6.03 Å². The van der Waals surface area contributed by atoms with E-state index in [-0.39, 0.29) is 17.6 Å². The lowest BCUT2D eigenvalue weighted by Crippen LogP contribution is -2.61. The largest absolute Gasteiger partial charge is 0.334 e. The zero-order valence-corrected chi connectivity index (χ0v) is 10.7. The van der Waals surface area contributed by atoms with Crippen molar-refractivity contribution in [1.29, 1.82) is 0 Å². The van der Waals surface area contributed by atoms with E-state index >= 15 is 0 Å². The number of fused-ring (bicyclic) bond motifs is 1. The van der Waals surface area contributed by atoms with E-state index < -0.39 is 23.6 Å². The van der Waals surface area contributed by atoms with Crippen LogP contribution in [0.15, 0.2) is 18.2 Å². The Morgan fingerprint density at radius 3 is 2.65 bits per heavy atom. The van der Waals surface area contributed by atoms with E-state index in [1.54, 1.807) is 0 Å². The maximum absolute atomic E-state index is 13.8. The van der Waals surface area contributed by atoms with Crippen molar-refractivity contribution in [3.63, 3.8) is 0 Å². The molecule has 2 aliphatic rings. The third kappa shape index (κ3) is 2.05. The highest BCUT2D eigenvalue weighted by Gasteiger charge is 2.43. The number of benzene rings is 1. The topological polar surface area (TPSA) is 49.4 Å². The van der Waals surface area contributed by atoms with Gasteiger partial charge in [0.2, 0.25) is 5.91 Å². The van der Waals surface area contributed by atoms with Gasteiger partial charge in [-0.2, -0.15) is 0 Å². The Morgan fingerprint density at radius 1 is 1.15 bits per heavy atom. The maximum atomic E-state index is 13.8. The van der Waals surface area contributed by atoms with Gasteiger partial charge in [-0.25, -0.2) is 18.5 Å². The van der Waals surface area contributed by atoms with Gasteiger partial charge in [-0.05, 0) is 25.0 Å². The quantitative estimate of drug-likeness (QED) is 0.859. The summed E-state index contributed by atoms with van der Waals surface area (Å²) in [4.78, 5) is 25.2. The standard InChI is InChI=1S/C14H14F2N2O2/c15-8-5-6-12(10(16)7-8)18-13(19)9-3-1-2-4-11(9)17-14(18)20/h5-7,9,11H,1-4H2,(H,17,20). The molecule has 3 rings (SSSR count). The molecule has 2 unspecified atom stereocenters. The van der Waals surface area contributed by atoms with Crippen LogP contribution in [0.1, 0.15) is 25.7 Å². The molecule has 1 heterocycles. The highest BCUT2D eigenvalue weighted by atomic mass is 19.1. The first-order valence-electron chi connectivity index (χ1n) is 6.67. The molecule has 6 heteroatoms. The third-order valence-electron chi connectivity index (χ3n) is 3.97. The number of hydrogen-bond donors (Lipinski definition) is 1. The van der Waals surface area contributed by atoms with Crippen LogP contribution in [-0.4, -0.2) is 18.0 Å². The molecular weight excluding hydrogens is 266 g/mol. The first-order valence-corrected chi connectivity index (χ1v) is 6.67. The molecule has 0 radical (unpaired) electrons. The van der Waals surface area contributed by atoms with Crippen molar-refractivity contribution in [2.45, 2.75) is 31.7 Å². The second-order valence-electron chi connectivity index (χ2n) is 5.22. The lowest BCUT2D eigenvalue weighted by Gasteiger charge is -2.39. The molecule has 1 saturated carbocycles. The maximum Gasteiger partial charge on any atom is 0.329 e. The van der Waals surface area contributed by atoms with Gasteiger partial charge in [0.1, 0.15) is 11.6 Å². The fourth-order valence-corrected chi connectivity index (χ4v) is 2.98. The Balaban J connectivity index is 1.96. The Morgan fingerprint density at radius 2 is 1.90 bits per heavy atom. The molecule has 3 amide bonds. The number of anilines is 1. The molecule has 1 N–H and O–H groups in total. The van der Waals surface area contributed by atoms with E-state index in [2.05, 4.69) is 5.32 Å². The number of nitrogens with one attached hydrogen (secondary N) is 1. The van der Waals surface area contributed by atoms with E-state index in [1.165, 1.54) is 0 Å². The van der Waals surface area contributed by atoms with E-state index in [9.17, 15) is 18.4 Å². The van der Waals surface area contributed by atoms with Gasteiger partial charge in [-0.3, -0.25) is 4.79 Å². The van der Waals surface area contributed by atoms with Gasteiger partial charge in [0.05, 0.1) is 11.6 Å². The minimum Gasteiger partial charge on any atom is -0.334 e. The van der Waals surface area contributed by atoms with Crippen LogP contribution in [0, 0.1) is 17.6 Å². The zero-order valence-electron chi connectivity index (χ0n) is 10.7. The average molecular weight is 280 g/mol. The number of imide groups is 1. The third-order valence-corrected chi connectivity index (χ3v) is 3.97. The molecule has 4 nitrogen and oxygen atoms in total. The van der Waals surface area contributed by atoms with Crippen LogP contribution in [0.5, 0.6) is 0 Å². The molecule has 0 bridgehead atoms. The normalized spacial score (nSPS) is 26.2. The van der Waals surface area contributed by atoms with Crippen molar-refractivity contribution < 1.29 is 18.4 Å². The molecule has 1 aliphatic heterocycles. The summed E-state index contributed by atoms with van der Waals surface area (Å²) in [6.07, 6.45) is 3.34. The van der Waals surface area contributed by atoms with Gasteiger partial charge in [-0.15, -0.1) is 0 Å². The predicted molar refractivity (Wildman–Crippen MR) is 68.1 cm³/mol. The number of rotatable bonds is 1. The highest BCUT2D eigenvalue weighted by Crippen LogP contribution is 2.32. The number of halogens is 2. The van der Waals surface area contributed by atoms with Gasteiger partial charge in [-0.1, -0.05) is 12.8 Å². The summed E-state index contributed by atoms with van der Waals surface area (Å²) in [5, 5.41) is 2.74. The van der Waals surface area contributed by atoms with Crippen LogP contribution in [0.3, 0.4) is 0 Å². The van der Waals surface area contributed by atoms with Crippen molar-refractivity contribution in [1.82, 2.24) is 5.32 Å². The van der Waals surface area contributed by atoms with Gasteiger partial charge < -0.3 is 5.32 Å². The Hall–Kier alpha value is -1.98. The molecule has 106 valence electrons. The highest BCUT2D eigenvalue weighted by molar-refractivity contribution is 6.17. The lowest BCUT2D eigenvalue weighted by atomic mass is 9.82. The summed E-state index contributed by atoms with van der Waals surface area (Å²) >= 11 is 0. The van der Waals surface area contributed by atoms with Crippen LogP contribution in [0.2, 0.25) is 0 Å². The Labute approximate surface area is 114 Å².